The Hall–Kier alpha value is -2.22. The standard InChI is InChI=1S/C11H12ClN3O5/c1-3-11(2,10(17)18)14-9(16)6-4-5-13-8(12)7(6)15(19)20/h4-5H,3H2,1-2H3,(H,14,16)(H,17,18). The first kappa shape index (κ1) is 15.8. The Labute approximate surface area is 118 Å². The number of pyridine rings is 1. The first-order chi connectivity index (χ1) is 9.23. The lowest BCUT2D eigenvalue weighted by molar-refractivity contribution is -0.385. The van der Waals surface area contributed by atoms with Crippen LogP contribution in [-0.2, 0) is 4.79 Å². The average molecular weight is 302 g/mol. The summed E-state index contributed by atoms with van der Waals surface area (Å²) in [6, 6.07) is 1.11. The minimum atomic E-state index is -1.53. The van der Waals surface area contributed by atoms with Crippen molar-refractivity contribution in [3.8, 4) is 0 Å². The molecule has 0 aliphatic heterocycles. The van der Waals surface area contributed by atoms with E-state index in [1.54, 1.807) is 6.92 Å². The molecule has 0 spiro atoms. The zero-order valence-corrected chi connectivity index (χ0v) is 11.5. The number of hydrogen-bond donors (Lipinski definition) is 2. The fourth-order valence-electron chi connectivity index (χ4n) is 1.40. The normalized spacial score (nSPS) is 13.3. The number of aromatic nitrogens is 1. The lowest BCUT2D eigenvalue weighted by atomic mass is 9.98. The van der Waals surface area contributed by atoms with Gasteiger partial charge in [0, 0.05) is 6.20 Å². The van der Waals surface area contributed by atoms with Crippen molar-refractivity contribution < 1.29 is 19.6 Å². The lowest BCUT2D eigenvalue weighted by Crippen LogP contribution is -2.51. The summed E-state index contributed by atoms with van der Waals surface area (Å²) >= 11 is 5.59. The summed E-state index contributed by atoms with van der Waals surface area (Å²) in [6.07, 6.45) is 1.25. The maximum atomic E-state index is 12.0. The van der Waals surface area contributed by atoms with Gasteiger partial charge in [0.1, 0.15) is 11.1 Å². The monoisotopic (exact) mass is 301 g/mol. The Balaban J connectivity index is 3.20. The molecule has 1 rings (SSSR count). The van der Waals surface area contributed by atoms with Crippen LogP contribution in [-0.4, -0.2) is 32.4 Å². The van der Waals surface area contributed by atoms with E-state index in [0.717, 1.165) is 12.3 Å². The third-order valence-electron chi connectivity index (χ3n) is 2.88. The topological polar surface area (TPSA) is 122 Å². The average Bonchev–Trinajstić information content (AvgIpc) is 2.37. The minimum absolute atomic E-state index is 0.112. The second-order valence-corrected chi connectivity index (χ2v) is 4.56. The Kier molecular flexibility index (Phi) is 4.61. The van der Waals surface area contributed by atoms with Crippen LogP contribution >= 0.6 is 11.6 Å². The molecule has 0 aliphatic rings. The molecule has 0 radical (unpaired) electrons. The van der Waals surface area contributed by atoms with Crippen LogP contribution in [0.25, 0.3) is 0 Å². The molecule has 0 aliphatic carbocycles. The fourth-order valence-corrected chi connectivity index (χ4v) is 1.62. The van der Waals surface area contributed by atoms with E-state index in [2.05, 4.69) is 10.3 Å². The van der Waals surface area contributed by atoms with Crippen LogP contribution in [0, 0.1) is 10.1 Å². The van der Waals surface area contributed by atoms with E-state index in [-0.39, 0.29) is 12.0 Å². The van der Waals surface area contributed by atoms with Crippen molar-refractivity contribution in [2.24, 2.45) is 0 Å². The first-order valence-corrected chi connectivity index (χ1v) is 5.95. The number of carboxylic acids is 1. The summed E-state index contributed by atoms with van der Waals surface area (Å²) in [5, 5.41) is 21.8. The molecule has 0 aromatic carbocycles. The van der Waals surface area contributed by atoms with E-state index in [1.807, 2.05) is 0 Å². The van der Waals surface area contributed by atoms with Gasteiger partial charge in [0.15, 0.2) is 0 Å². The van der Waals surface area contributed by atoms with Crippen LogP contribution in [0.5, 0.6) is 0 Å². The SMILES string of the molecule is CCC(C)(NC(=O)c1ccnc(Cl)c1[N+](=O)[O-])C(=O)O. The molecule has 0 saturated heterocycles. The molecule has 0 fully saturated rings. The van der Waals surface area contributed by atoms with E-state index in [1.165, 1.54) is 6.92 Å². The second kappa shape index (κ2) is 5.83. The quantitative estimate of drug-likeness (QED) is 0.484. The van der Waals surface area contributed by atoms with Gasteiger partial charge in [-0.05, 0) is 19.4 Å². The van der Waals surface area contributed by atoms with Crippen molar-refractivity contribution in [3.05, 3.63) is 33.1 Å². The van der Waals surface area contributed by atoms with Crippen LogP contribution < -0.4 is 5.32 Å². The maximum absolute atomic E-state index is 12.0. The van der Waals surface area contributed by atoms with Gasteiger partial charge in [-0.15, -0.1) is 0 Å². The van der Waals surface area contributed by atoms with Crippen molar-refractivity contribution >= 4 is 29.2 Å². The number of halogens is 1. The molecule has 20 heavy (non-hydrogen) atoms. The number of carbonyl (C=O) groups is 2. The van der Waals surface area contributed by atoms with E-state index in [0.29, 0.717) is 0 Å². The molecule has 1 aromatic heterocycles. The highest BCUT2D eigenvalue weighted by molar-refractivity contribution is 6.32. The zero-order valence-electron chi connectivity index (χ0n) is 10.7. The molecular formula is C11H12ClN3O5. The highest BCUT2D eigenvalue weighted by Crippen LogP contribution is 2.26. The van der Waals surface area contributed by atoms with E-state index < -0.39 is 33.2 Å². The van der Waals surface area contributed by atoms with Crippen molar-refractivity contribution in [2.75, 3.05) is 0 Å². The van der Waals surface area contributed by atoms with Crippen molar-refractivity contribution in [1.82, 2.24) is 10.3 Å². The molecule has 0 bridgehead atoms. The van der Waals surface area contributed by atoms with Gasteiger partial charge in [0.05, 0.1) is 4.92 Å². The van der Waals surface area contributed by atoms with Crippen molar-refractivity contribution in [3.63, 3.8) is 0 Å². The summed E-state index contributed by atoms with van der Waals surface area (Å²) < 4.78 is 0. The fraction of sp³-hybridized carbons (Fsp3) is 0.364. The van der Waals surface area contributed by atoms with Crippen molar-refractivity contribution in [2.45, 2.75) is 25.8 Å². The van der Waals surface area contributed by atoms with E-state index >= 15 is 0 Å². The van der Waals surface area contributed by atoms with Gasteiger partial charge in [-0.25, -0.2) is 9.78 Å². The molecule has 1 atom stereocenters. The van der Waals surface area contributed by atoms with Crippen LogP contribution in [0.1, 0.15) is 30.6 Å². The van der Waals surface area contributed by atoms with Gasteiger partial charge in [-0.2, -0.15) is 0 Å². The van der Waals surface area contributed by atoms with Crippen LogP contribution in [0.15, 0.2) is 12.3 Å². The summed E-state index contributed by atoms with van der Waals surface area (Å²) in [6.45, 7) is 2.88. The van der Waals surface area contributed by atoms with Crippen LogP contribution in [0.4, 0.5) is 5.69 Å². The molecule has 2 N–H and O–H groups in total. The summed E-state index contributed by atoms with van der Waals surface area (Å²) in [5.41, 5.74) is -2.52. The summed E-state index contributed by atoms with van der Waals surface area (Å²) in [7, 11) is 0. The summed E-state index contributed by atoms with van der Waals surface area (Å²) in [4.78, 5) is 36.7. The molecule has 1 amide bonds. The number of aliphatic carboxylic acids is 1. The van der Waals surface area contributed by atoms with Gasteiger partial charge in [-0.1, -0.05) is 18.5 Å². The van der Waals surface area contributed by atoms with Gasteiger partial charge in [0.25, 0.3) is 5.91 Å². The maximum Gasteiger partial charge on any atom is 0.329 e. The number of rotatable bonds is 5. The van der Waals surface area contributed by atoms with E-state index in [4.69, 9.17) is 16.7 Å². The number of amides is 1. The smallest absolute Gasteiger partial charge is 0.329 e. The number of hydrogen-bond acceptors (Lipinski definition) is 5. The number of nitrogens with one attached hydrogen (secondary N) is 1. The third kappa shape index (κ3) is 3.02. The molecular weight excluding hydrogens is 290 g/mol. The first-order valence-electron chi connectivity index (χ1n) is 5.57. The van der Waals surface area contributed by atoms with Gasteiger partial charge >= 0.3 is 11.7 Å². The Bertz CT molecular complexity index is 577. The summed E-state index contributed by atoms with van der Waals surface area (Å²) in [5.74, 6) is -2.14. The molecule has 1 unspecified atom stereocenters. The highest BCUT2D eigenvalue weighted by atomic mass is 35.5. The largest absolute Gasteiger partial charge is 0.480 e. The van der Waals surface area contributed by atoms with Crippen molar-refractivity contribution in [1.29, 1.82) is 0 Å². The Morgan fingerprint density at radius 1 is 1.60 bits per heavy atom. The number of carboxylic acid groups (broad SMARTS) is 1. The Morgan fingerprint density at radius 2 is 2.20 bits per heavy atom. The highest BCUT2D eigenvalue weighted by Gasteiger charge is 2.35. The lowest BCUT2D eigenvalue weighted by Gasteiger charge is -2.24. The predicted molar refractivity (Wildman–Crippen MR) is 69.7 cm³/mol. The van der Waals surface area contributed by atoms with Crippen LogP contribution in [0.2, 0.25) is 5.15 Å². The van der Waals surface area contributed by atoms with E-state index in [9.17, 15) is 19.7 Å². The minimum Gasteiger partial charge on any atom is -0.480 e. The molecule has 108 valence electrons. The third-order valence-corrected chi connectivity index (χ3v) is 3.15. The van der Waals surface area contributed by atoms with Gasteiger partial charge in [0.2, 0.25) is 5.15 Å². The second-order valence-electron chi connectivity index (χ2n) is 4.20. The number of nitrogens with zero attached hydrogens (tertiary/aromatic N) is 2. The molecule has 0 saturated carbocycles. The predicted octanol–water partition coefficient (Wildman–Crippen LogP) is 1.63. The molecule has 8 nitrogen and oxygen atoms in total. The molecule has 1 heterocycles. The Morgan fingerprint density at radius 3 is 2.65 bits per heavy atom. The van der Waals surface area contributed by atoms with Gasteiger partial charge < -0.3 is 10.4 Å². The number of nitro groups is 1. The molecule has 1 aromatic rings. The zero-order chi connectivity index (χ0) is 15.5. The van der Waals surface area contributed by atoms with Crippen LogP contribution in [0.3, 0.4) is 0 Å². The van der Waals surface area contributed by atoms with Gasteiger partial charge in [-0.3, -0.25) is 14.9 Å². The number of carbonyl (C=O) groups excluding carboxylic acids is 1. The molecule has 9 heteroatoms.